The van der Waals surface area contributed by atoms with Gasteiger partial charge >= 0.3 is 12.1 Å². The van der Waals surface area contributed by atoms with Crippen LogP contribution in [0.3, 0.4) is 0 Å². The second kappa shape index (κ2) is 6.64. The summed E-state index contributed by atoms with van der Waals surface area (Å²) >= 11 is 0. The Morgan fingerprint density at radius 1 is 1.00 bits per heavy atom. The number of rotatable bonds is 2. The van der Waals surface area contributed by atoms with Gasteiger partial charge in [0.05, 0.1) is 0 Å². The predicted molar refractivity (Wildman–Crippen MR) is 67.4 cm³/mol. The number of carbonyl (C=O) groups excluding carboxylic acids is 2. The highest BCUT2D eigenvalue weighted by Crippen LogP contribution is 2.22. The first-order valence-electron chi connectivity index (χ1n) is 7.09. The summed E-state index contributed by atoms with van der Waals surface area (Å²) in [4.78, 5) is 25.5. The van der Waals surface area contributed by atoms with Gasteiger partial charge in [-0.15, -0.1) is 0 Å². The lowest BCUT2D eigenvalue weighted by molar-refractivity contribution is -0.187. The first-order valence-corrected chi connectivity index (χ1v) is 7.09. The van der Waals surface area contributed by atoms with E-state index in [0.717, 1.165) is 17.7 Å². The molecule has 120 valence electrons. The topological polar surface area (TPSA) is 49.9 Å². The summed E-state index contributed by atoms with van der Waals surface area (Å²) in [5.41, 5.74) is 0. The molecule has 2 fully saturated rings. The summed E-state index contributed by atoms with van der Waals surface area (Å²) in [6.07, 6.45) is -2.73. The number of halogens is 3. The fraction of sp³-hybridized carbons (Fsp3) is 0.846. The first-order chi connectivity index (χ1) is 9.88. The van der Waals surface area contributed by atoms with Crippen molar-refractivity contribution < 1.29 is 27.5 Å². The van der Waals surface area contributed by atoms with Crippen LogP contribution in [0.1, 0.15) is 19.3 Å². The van der Waals surface area contributed by atoms with Gasteiger partial charge in [0, 0.05) is 45.8 Å². The van der Waals surface area contributed by atoms with Crippen molar-refractivity contribution in [3.8, 4) is 0 Å². The van der Waals surface area contributed by atoms with E-state index in [9.17, 15) is 22.8 Å². The van der Waals surface area contributed by atoms with Crippen molar-refractivity contribution in [3.05, 3.63) is 0 Å². The zero-order valence-corrected chi connectivity index (χ0v) is 11.7. The predicted octanol–water partition coefficient (Wildman–Crippen LogP) is 1.04. The van der Waals surface area contributed by atoms with Crippen LogP contribution in [0.5, 0.6) is 0 Å². The SMILES string of the molecule is O=C(CC1CCOCC1)N1CCN(C(=O)C(F)(F)F)CC1. The number of piperazine rings is 1. The second-order valence-electron chi connectivity index (χ2n) is 5.43. The van der Waals surface area contributed by atoms with Crippen molar-refractivity contribution in [1.29, 1.82) is 0 Å². The van der Waals surface area contributed by atoms with Crippen LogP contribution in [0.15, 0.2) is 0 Å². The Morgan fingerprint density at radius 3 is 2.05 bits per heavy atom. The minimum absolute atomic E-state index is 0.0407. The molecule has 2 amide bonds. The van der Waals surface area contributed by atoms with E-state index >= 15 is 0 Å². The molecule has 0 aromatic rings. The summed E-state index contributed by atoms with van der Waals surface area (Å²) < 4.78 is 42.2. The van der Waals surface area contributed by atoms with E-state index in [2.05, 4.69) is 0 Å². The monoisotopic (exact) mass is 308 g/mol. The van der Waals surface area contributed by atoms with Crippen molar-refractivity contribution in [2.45, 2.75) is 25.4 Å². The van der Waals surface area contributed by atoms with Crippen molar-refractivity contribution in [1.82, 2.24) is 9.80 Å². The Morgan fingerprint density at radius 2 is 1.52 bits per heavy atom. The third-order valence-corrected chi connectivity index (χ3v) is 3.97. The third-order valence-electron chi connectivity index (χ3n) is 3.97. The maximum absolute atomic E-state index is 12.3. The van der Waals surface area contributed by atoms with E-state index in [-0.39, 0.29) is 32.1 Å². The Bertz CT molecular complexity index is 387. The van der Waals surface area contributed by atoms with Gasteiger partial charge in [-0.3, -0.25) is 9.59 Å². The molecular formula is C13H19F3N2O3. The fourth-order valence-electron chi connectivity index (χ4n) is 2.66. The second-order valence-corrected chi connectivity index (χ2v) is 5.43. The molecule has 0 N–H and O–H groups in total. The lowest BCUT2D eigenvalue weighted by Gasteiger charge is -2.35. The molecule has 8 heteroatoms. The van der Waals surface area contributed by atoms with Crippen molar-refractivity contribution >= 4 is 11.8 Å². The molecule has 0 saturated carbocycles. The van der Waals surface area contributed by atoms with Crippen molar-refractivity contribution in [3.63, 3.8) is 0 Å². The first kappa shape index (κ1) is 16.1. The molecule has 0 spiro atoms. The molecule has 0 unspecified atom stereocenters. The average Bonchev–Trinajstić information content (AvgIpc) is 2.46. The van der Waals surface area contributed by atoms with E-state index < -0.39 is 12.1 Å². The van der Waals surface area contributed by atoms with Gasteiger partial charge in [-0.05, 0) is 18.8 Å². The molecule has 21 heavy (non-hydrogen) atoms. The Hall–Kier alpha value is -1.31. The van der Waals surface area contributed by atoms with Crippen LogP contribution < -0.4 is 0 Å². The van der Waals surface area contributed by atoms with Crippen LogP contribution in [-0.4, -0.2) is 67.2 Å². The summed E-state index contributed by atoms with van der Waals surface area (Å²) in [7, 11) is 0. The zero-order valence-electron chi connectivity index (χ0n) is 11.7. The molecule has 5 nitrogen and oxygen atoms in total. The van der Waals surface area contributed by atoms with Gasteiger partial charge in [-0.1, -0.05) is 0 Å². The zero-order chi connectivity index (χ0) is 15.5. The van der Waals surface area contributed by atoms with E-state index in [1.165, 1.54) is 0 Å². The highest BCUT2D eigenvalue weighted by molar-refractivity contribution is 5.82. The van der Waals surface area contributed by atoms with E-state index in [1.54, 1.807) is 4.90 Å². The van der Waals surface area contributed by atoms with E-state index in [1.807, 2.05) is 0 Å². The summed E-state index contributed by atoms with van der Waals surface area (Å²) in [6, 6.07) is 0. The third kappa shape index (κ3) is 4.33. The lowest BCUT2D eigenvalue weighted by Crippen LogP contribution is -2.53. The summed E-state index contributed by atoms with van der Waals surface area (Å²) in [6.45, 7) is 1.54. The summed E-state index contributed by atoms with van der Waals surface area (Å²) in [5, 5.41) is 0. The maximum atomic E-state index is 12.3. The molecule has 0 radical (unpaired) electrons. The number of hydrogen-bond acceptors (Lipinski definition) is 3. The Labute approximate surface area is 121 Å². The van der Waals surface area contributed by atoms with Crippen LogP contribution in [0.4, 0.5) is 13.2 Å². The minimum atomic E-state index is -4.84. The number of nitrogens with zero attached hydrogens (tertiary/aromatic N) is 2. The maximum Gasteiger partial charge on any atom is 0.471 e. The summed E-state index contributed by atoms with van der Waals surface area (Å²) in [5.74, 6) is -1.57. The highest BCUT2D eigenvalue weighted by atomic mass is 19.4. The molecule has 2 rings (SSSR count). The van der Waals surface area contributed by atoms with Gasteiger partial charge in [0.25, 0.3) is 0 Å². The van der Waals surface area contributed by atoms with Crippen LogP contribution in [0.25, 0.3) is 0 Å². The van der Waals surface area contributed by atoms with Gasteiger partial charge in [0.1, 0.15) is 0 Å². The minimum Gasteiger partial charge on any atom is -0.381 e. The normalized spacial score (nSPS) is 21.5. The smallest absolute Gasteiger partial charge is 0.381 e. The highest BCUT2D eigenvalue weighted by Gasteiger charge is 2.43. The van der Waals surface area contributed by atoms with Gasteiger partial charge in [-0.2, -0.15) is 13.2 Å². The molecule has 2 aliphatic rings. The number of ether oxygens (including phenoxy) is 1. The van der Waals surface area contributed by atoms with Crippen LogP contribution in [0, 0.1) is 5.92 Å². The number of carbonyl (C=O) groups is 2. The van der Waals surface area contributed by atoms with Crippen LogP contribution in [-0.2, 0) is 14.3 Å². The number of alkyl halides is 3. The largest absolute Gasteiger partial charge is 0.471 e. The molecular weight excluding hydrogens is 289 g/mol. The Balaban J connectivity index is 1.78. The molecule has 2 aliphatic heterocycles. The van der Waals surface area contributed by atoms with Crippen molar-refractivity contribution in [2.24, 2.45) is 5.92 Å². The van der Waals surface area contributed by atoms with Crippen molar-refractivity contribution in [2.75, 3.05) is 39.4 Å². The molecule has 0 aliphatic carbocycles. The number of amides is 2. The average molecular weight is 308 g/mol. The molecule has 0 aromatic heterocycles. The standard InChI is InChI=1S/C13H19F3N2O3/c14-13(15,16)12(20)18-5-3-17(4-6-18)11(19)9-10-1-7-21-8-2-10/h10H,1-9H2. The van der Waals surface area contributed by atoms with Gasteiger partial charge in [0.15, 0.2) is 0 Å². The van der Waals surface area contributed by atoms with E-state index in [4.69, 9.17) is 4.74 Å². The molecule has 2 saturated heterocycles. The molecule has 2 heterocycles. The Kier molecular flexibility index (Phi) is 5.08. The molecule has 0 bridgehead atoms. The van der Waals surface area contributed by atoms with Gasteiger partial charge in [-0.25, -0.2) is 0 Å². The van der Waals surface area contributed by atoms with Gasteiger partial charge < -0.3 is 14.5 Å². The lowest BCUT2D eigenvalue weighted by atomic mass is 9.96. The fourth-order valence-corrected chi connectivity index (χ4v) is 2.66. The quantitative estimate of drug-likeness (QED) is 0.766. The van der Waals surface area contributed by atoms with Crippen LogP contribution in [0.2, 0.25) is 0 Å². The van der Waals surface area contributed by atoms with Crippen LogP contribution >= 0.6 is 0 Å². The van der Waals surface area contributed by atoms with E-state index in [0.29, 0.717) is 25.6 Å². The number of hydrogen-bond donors (Lipinski definition) is 0. The molecule has 0 aromatic carbocycles. The molecule has 0 atom stereocenters. The van der Waals surface area contributed by atoms with Gasteiger partial charge in [0.2, 0.25) is 5.91 Å².